The fourth-order valence-electron chi connectivity index (χ4n) is 2.19. The lowest BCUT2D eigenvalue weighted by Crippen LogP contribution is -2.36. The van der Waals surface area contributed by atoms with Crippen LogP contribution in [0.2, 0.25) is 0 Å². The Labute approximate surface area is 125 Å². The first-order chi connectivity index (χ1) is 9.31. The summed E-state index contributed by atoms with van der Waals surface area (Å²) in [6.45, 7) is 4.99. The Hall–Kier alpha value is -1.69. The fourth-order valence-corrected chi connectivity index (χ4v) is 2.76. The summed E-state index contributed by atoms with van der Waals surface area (Å²) in [4.78, 5) is 36.8. The predicted molar refractivity (Wildman–Crippen MR) is 76.8 cm³/mol. The van der Waals surface area contributed by atoms with Crippen molar-refractivity contribution in [1.29, 1.82) is 0 Å². The van der Waals surface area contributed by atoms with Crippen molar-refractivity contribution < 1.29 is 19.1 Å². The largest absolute Gasteiger partial charge is 0.462 e. The number of Topliss-reactive ketones (excluding diaryl/α,β-unsaturated/α-hetero) is 1. The molecule has 0 saturated heterocycles. The molecule has 6 heteroatoms. The van der Waals surface area contributed by atoms with Gasteiger partial charge >= 0.3 is 5.97 Å². The predicted octanol–water partition coefficient (Wildman–Crippen LogP) is 2.24. The van der Waals surface area contributed by atoms with Gasteiger partial charge < -0.3 is 4.74 Å². The first-order valence-electron chi connectivity index (χ1n) is 6.17. The van der Waals surface area contributed by atoms with Crippen molar-refractivity contribution in [1.82, 2.24) is 0 Å². The second-order valence-corrected chi connectivity index (χ2v) is 5.79. The van der Waals surface area contributed by atoms with Crippen LogP contribution in [0.15, 0.2) is 16.6 Å². The standard InChI is InChI=1S/C14H14BrNO4/c1-7(2)20-11(17)6-16-12-8(3)4-9(15)5-10(12)13(18)14(16)19/h4-5,7H,6H2,1-3H3. The van der Waals surface area contributed by atoms with Crippen LogP contribution in [-0.4, -0.2) is 30.3 Å². The molecule has 1 heterocycles. The van der Waals surface area contributed by atoms with E-state index >= 15 is 0 Å². The molecule has 0 aromatic heterocycles. The van der Waals surface area contributed by atoms with E-state index in [1.165, 1.54) is 4.90 Å². The van der Waals surface area contributed by atoms with Crippen LogP contribution in [-0.2, 0) is 14.3 Å². The summed E-state index contributed by atoms with van der Waals surface area (Å²) in [6.07, 6.45) is -0.263. The van der Waals surface area contributed by atoms with Gasteiger partial charge in [0.1, 0.15) is 6.54 Å². The topological polar surface area (TPSA) is 63.7 Å². The number of hydrogen-bond donors (Lipinski definition) is 0. The minimum absolute atomic E-state index is 0.252. The van der Waals surface area contributed by atoms with Crippen LogP contribution in [0.25, 0.3) is 0 Å². The molecule has 0 saturated carbocycles. The molecule has 5 nitrogen and oxygen atoms in total. The number of halogens is 1. The maximum Gasteiger partial charge on any atom is 0.326 e. The van der Waals surface area contributed by atoms with E-state index in [1.54, 1.807) is 32.9 Å². The third kappa shape index (κ3) is 2.60. The number of carbonyl (C=O) groups is 3. The average molecular weight is 340 g/mol. The summed E-state index contributed by atoms with van der Waals surface area (Å²) < 4.78 is 5.74. The SMILES string of the molecule is Cc1cc(Br)cc2c1N(CC(=O)OC(C)C)C(=O)C2=O. The Kier molecular flexibility index (Phi) is 3.94. The molecule has 106 valence electrons. The molecule has 1 amide bonds. The van der Waals surface area contributed by atoms with Crippen molar-refractivity contribution in [3.8, 4) is 0 Å². The number of esters is 1. The van der Waals surface area contributed by atoms with E-state index in [4.69, 9.17) is 4.74 Å². The minimum Gasteiger partial charge on any atom is -0.462 e. The van der Waals surface area contributed by atoms with Crippen LogP contribution >= 0.6 is 15.9 Å². The summed E-state index contributed by atoms with van der Waals surface area (Å²) in [5.74, 6) is -1.82. The van der Waals surface area contributed by atoms with Gasteiger partial charge in [-0.05, 0) is 38.5 Å². The van der Waals surface area contributed by atoms with E-state index in [-0.39, 0.29) is 12.6 Å². The number of amides is 1. The van der Waals surface area contributed by atoms with Crippen molar-refractivity contribution in [2.75, 3.05) is 11.4 Å². The highest BCUT2D eigenvalue weighted by Crippen LogP contribution is 2.34. The molecule has 0 atom stereocenters. The number of aryl methyl sites for hydroxylation is 1. The molecule has 0 spiro atoms. The highest BCUT2D eigenvalue weighted by molar-refractivity contribution is 9.10. The van der Waals surface area contributed by atoms with Gasteiger partial charge in [-0.3, -0.25) is 19.3 Å². The summed E-state index contributed by atoms with van der Waals surface area (Å²) in [7, 11) is 0. The van der Waals surface area contributed by atoms with Gasteiger partial charge in [-0.2, -0.15) is 0 Å². The average Bonchev–Trinajstić information content (AvgIpc) is 2.53. The van der Waals surface area contributed by atoms with E-state index in [2.05, 4.69) is 15.9 Å². The van der Waals surface area contributed by atoms with Gasteiger partial charge in [-0.15, -0.1) is 0 Å². The fraction of sp³-hybridized carbons (Fsp3) is 0.357. The number of benzene rings is 1. The van der Waals surface area contributed by atoms with Crippen molar-refractivity contribution >= 4 is 39.3 Å². The zero-order valence-electron chi connectivity index (χ0n) is 11.4. The molecule has 0 N–H and O–H groups in total. The summed E-state index contributed by atoms with van der Waals surface area (Å²) in [5.41, 5.74) is 1.56. The van der Waals surface area contributed by atoms with Gasteiger partial charge in [0.25, 0.3) is 11.7 Å². The smallest absolute Gasteiger partial charge is 0.326 e. The molecule has 20 heavy (non-hydrogen) atoms. The third-order valence-corrected chi connectivity index (χ3v) is 3.33. The van der Waals surface area contributed by atoms with Crippen LogP contribution in [0.1, 0.15) is 29.8 Å². The number of ketones is 1. The van der Waals surface area contributed by atoms with E-state index in [0.29, 0.717) is 11.3 Å². The number of hydrogen-bond acceptors (Lipinski definition) is 4. The summed E-state index contributed by atoms with van der Waals surface area (Å²) in [5, 5.41) is 0. The number of nitrogens with zero attached hydrogens (tertiary/aromatic N) is 1. The van der Waals surface area contributed by atoms with Gasteiger partial charge in [-0.1, -0.05) is 15.9 Å². The molecule has 1 aromatic rings. The summed E-state index contributed by atoms with van der Waals surface area (Å²) in [6, 6.07) is 3.39. The molecule has 1 aliphatic rings. The van der Waals surface area contributed by atoms with Gasteiger partial charge in [0.2, 0.25) is 0 Å². The highest BCUT2D eigenvalue weighted by Gasteiger charge is 2.38. The Morgan fingerprint density at radius 1 is 1.35 bits per heavy atom. The van der Waals surface area contributed by atoms with Crippen LogP contribution in [0.3, 0.4) is 0 Å². The molecular formula is C14H14BrNO4. The number of rotatable bonds is 3. The lowest BCUT2D eigenvalue weighted by atomic mass is 10.1. The molecule has 0 unspecified atom stereocenters. The summed E-state index contributed by atoms with van der Waals surface area (Å²) >= 11 is 3.29. The number of ether oxygens (including phenoxy) is 1. The second kappa shape index (κ2) is 5.36. The van der Waals surface area contributed by atoms with Crippen molar-refractivity contribution in [2.45, 2.75) is 26.9 Å². The molecule has 0 bridgehead atoms. The zero-order valence-corrected chi connectivity index (χ0v) is 13.0. The number of anilines is 1. The molecule has 2 rings (SSSR count). The van der Waals surface area contributed by atoms with Crippen molar-refractivity contribution in [3.05, 3.63) is 27.7 Å². The van der Waals surface area contributed by atoms with Gasteiger partial charge in [0.05, 0.1) is 17.4 Å². The van der Waals surface area contributed by atoms with Gasteiger partial charge in [0, 0.05) is 4.47 Å². The van der Waals surface area contributed by atoms with E-state index in [9.17, 15) is 14.4 Å². The third-order valence-electron chi connectivity index (χ3n) is 2.87. The van der Waals surface area contributed by atoms with Crippen LogP contribution in [0, 0.1) is 6.92 Å². The van der Waals surface area contributed by atoms with Crippen LogP contribution < -0.4 is 4.90 Å². The lowest BCUT2D eigenvalue weighted by molar-refractivity contribution is -0.146. The molecule has 1 aromatic carbocycles. The number of fused-ring (bicyclic) bond motifs is 1. The van der Waals surface area contributed by atoms with Crippen molar-refractivity contribution in [2.24, 2.45) is 0 Å². The normalized spacial score (nSPS) is 13.9. The van der Waals surface area contributed by atoms with Gasteiger partial charge in [-0.25, -0.2) is 0 Å². The van der Waals surface area contributed by atoms with Crippen molar-refractivity contribution in [3.63, 3.8) is 0 Å². The molecule has 0 radical (unpaired) electrons. The maximum atomic E-state index is 12.0. The van der Waals surface area contributed by atoms with E-state index in [0.717, 1.165) is 10.0 Å². The minimum atomic E-state index is -0.693. The quantitative estimate of drug-likeness (QED) is 0.625. The molecule has 0 fully saturated rings. The molecule has 1 aliphatic heterocycles. The Morgan fingerprint density at radius 2 is 2.00 bits per heavy atom. The lowest BCUT2D eigenvalue weighted by Gasteiger charge is -2.18. The first-order valence-corrected chi connectivity index (χ1v) is 6.96. The Bertz CT molecular complexity index is 609. The zero-order chi connectivity index (χ0) is 15.0. The molecule has 0 aliphatic carbocycles. The van der Waals surface area contributed by atoms with E-state index in [1.807, 2.05) is 0 Å². The monoisotopic (exact) mass is 339 g/mol. The first kappa shape index (κ1) is 14.7. The number of carbonyl (C=O) groups excluding carboxylic acids is 3. The highest BCUT2D eigenvalue weighted by atomic mass is 79.9. The Balaban J connectivity index is 2.36. The van der Waals surface area contributed by atoms with Crippen LogP contribution in [0.4, 0.5) is 5.69 Å². The van der Waals surface area contributed by atoms with Crippen LogP contribution in [0.5, 0.6) is 0 Å². The maximum absolute atomic E-state index is 12.0. The molecular weight excluding hydrogens is 326 g/mol. The van der Waals surface area contributed by atoms with E-state index < -0.39 is 17.7 Å². The second-order valence-electron chi connectivity index (χ2n) is 4.88. The van der Waals surface area contributed by atoms with Gasteiger partial charge in [0.15, 0.2) is 0 Å². The Morgan fingerprint density at radius 3 is 2.60 bits per heavy atom.